The SMILES string of the molecule is Cc1nnc([C@H](O)CO)s1. The number of aliphatic hydroxyl groups is 2. The Morgan fingerprint density at radius 2 is 2.30 bits per heavy atom. The van der Waals surface area contributed by atoms with Gasteiger partial charge in [0.1, 0.15) is 16.1 Å². The monoisotopic (exact) mass is 160 g/mol. The third kappa shape index (κ3) is 1.50. The molecule has 0 radical (unpaired) electrons. The Bertz CT molecular complexity index is 213. The lowest BCUT2D eigenvalue weighted by atomic mass is 10.4. The molecule has 0 amide bonds. The van der Waals surface area contributed by atoms with Gasteiger partial charge in [-0.2, -0.15) is 0 Å². The van der Waals surface area contributed by atoms with Crippen LogP contribution in [-0.2, 0) is 0 Å². The van der Waals surface area contributed by atoms with Crippen LogP contribution in [0.3, 0.4) is 0 Å². The lowest BCUT2D eigenvalue weighted by molar-refractivity contribution is 0.0948. The number of hydrogen-bond acceptors (Lipinski definition) is 5. The first kappa shape index (κ1) is 7.59. The lowest BCUT2D eigenvalue weighted by Gasteiger charge is -1.98. The van der Waals surface area contributed by atoms with E-state index in [4.69, 9.17) is 10.2 Å². The fraction of sp³-hybridized carbons (Fsp3) is 0.600. The molecule has 1 aromatic rings. The predicted molar refractivity (Wildman–Crippen MR) is 36.7 cm³/mol. The van der Waals surface area contributed by atoms with Gasteiger partial charge in [0.05, 0.1) is 6.61 Å². The molecule has 0 unspecified atom stereocenters. The zero-order valence-electron chi connectivity index (χ0n) is 5.48. The molecule has 1 rings (SSSR count). The molecule has 1 heterocycles. The Morgan fingerprint density at radius 3 is 2.70 bits per heavy atom. The maximum atomic E-state index is 9.00. The van der Waals surface area contributed by atoms with E-state index in [0.717, 1.165) is 5.01 Å². The molecule has 0 spiro atoms. The van der Waals surface area contributed by atoms with Crippen molar-refractivity contribution in [3.8, 4) is 0 Å². The minimum absolute atomic E-state index is 0.297. The smallest absolute Gasteiger partial charge is 0.148 e. The van der Waals surface area contributed by atoms with Crippen LogP contribution in [0.1, 0.15) is 16.1 Å². The highest BCUT2D eigenvalue weighted by atomic mass is 32.1. The summed E-state index contributed by atoms with van der Waals surface area (Å²) in [6, 6.07) is 0. The van der Waals surface area contributed by atoms with Crippen LogP contribution in [0.4, 0.5) is 0 Å². The van der Waals surface area contributed by atoms with Gasteiger partial charge in [0.2, 0.25) is 0 Å². The van der Waals surface area contributed by atoms with Gasteiger partial charge < -0.3 is 10.2 Å². The minimum atomic E-state index is -0.869. The van der Waals surface area contributed by atoms with E-state index in [1.54, 1.807) is 6.92 Å². The Morgan fingerprint density at radius 1 is 1.60 bits per heavy atom. The first-order valence-corrected chi connectivity index (χ1v) is 3.64. The van der Waals surface area contributed by atoms with Crippen molar-refractivity contribution in [2.24, 2.45) is 0 Å². The molecule has 0 aliphatic carbocycles. The molecule has 0 saturated heterocycles. The Balaban J connectivity index is 2.74. The Hall–Kier alpha value is -0.520. The van der Waals surface area contributed by atoms with Crippen LogP contribution in [0.5, 0.6) is 0 Å². The summed E-state index contributed by atoms with van der Waals surface area (Å²) >= 11 is 1.29. The maximum absolute atomic E-state index is 9.00. The van der Waals surface area contributed by atoms with Gasteiger partial charge in [0, 0.05) is 0 Å². The summed E-state index contributed by atoms with van der Waals surface area (Å²) in [5.41, 5.74) is 0. The van der Waals surface area contributed by atoms with Crippen LogP contribution in [0.25, 0.3) is 0 Å². The lowest BCUT2D eigenvalue weighted by Crippen LogP contribution is -2.01. The third-order valence-corrected chi connectivity index (χ3v) is 1.94. The highest BCUT2D eigenvalue weighted by Crippen LogP contribution is 2.15. The molecule has 1 atom stereocenters. The molecule has 0 aliphatic rings. The summed E-state index contributed by atoms with van der Waals surface area (Å²) in [6.07, 6.45) is -0.869. The molecule has 0 fully saturated rings. The molecule has 5 heteroatoms. The molecule has 0 bridgehead atoms. The minimum Gasteiger partial charge on any atom is -0.393 e. The highest BCUT2D eigenvalue weighted by molar-refractivity contribution is 7.11. The zero-order valence-corrected chi connectivity index (χ0v) is 6.30. The van der Waals surface area contributed by atoms with E-state index < -0.39 is 6.10 Å². The van der Waals surface area contributed by atoms with Crippen molar-refractivity contribution in [2.45, 2.75) is 13.0 Å². The Kier molecular flexibility index (Phi) is 2.31. The second kappa shape index (κ2) is 3.05. The van der Waals surface area contributed by atoms with E-state index in [-0.39, 0.29) is 6.61 Å². The fourth-order valence-corrected chi connectivity index (χ4v) is 1.20. The summed E-state index contributed by atoms with van der Waals surface area (Å²) < 4.78 is 0. The number of aliphatic hydroxyl groups excluding tert-OH is 2. The van der Waals surface area contributed by atoms with Crippen LogP contribution in [0, 0.1) is 6.92 Å². The molecule has 4 nitrogen and oxygen atoms in total. The number of hydrogen-bond donors (Lipinski definition) is 2. The average molecular weight is 160 g/mol. The molecule has 2 N–H and O–H groups in total. The van der Waals surface area contributed by atoms with Crippen LogP contribution < -0.4 is 0 Å². The highest BCUT2D eigenvalue weighted by Gasteiger charge is 2.09. The number of aromatic nitrogens is 2. The maximum Gasteiger partial charge on any atom is 0.148 e. The van der Waals surface area contributed by atoms with Crippen LogP contribution in [0.2, 0.25) is 0 Å². The average Bonchev–Trinajstić information content (AvgIpc) is 2.34. The van der Waals surface area contributed by atoms with Crippen molar-refractivity contribution in [3.05, 3.63) is 10.0 Å². The van der Waals surface area contributed by atoms with E-state index in [1.807, 2.05) is 0 Å². The summed E-state index contributed by atoms with van der Waals surface area (Å²) in [5.74, 6) is 0. The van der Waals surface area contributed by atoms with Crippen LogP contribution >= 0.6 is 11.3 Å². The molecule has 10 heavy (non-hydrogen) atoms. The van der Waals surface area contributed by atoms with Gasteiger partial charge in [-0.15, -0.1) is 10.2 Å². The molecular weight excluding hydrogens is 152 g/mol. The van der Waals surface area contributed by atoms with Gasteiger partial charge in [-0.1, -0.05) is 11.3 Å². The van der Waals surface area contributed by atoms with Crippen molar-refractivity contribution in [1.82, 2.24) is 10.2 Å². The number of nitrogens with zero attached hydrogens (tertiary/aromatic N) is 2. The van der Waals surface area contributed by atoms with Gasteiger partial charge in [0.25, 0.3) is 0 Å². The summed E-state index contributed by atoms with van der Waals surface area (Å²) in [4.78, 5) is 0. The number of aryl methyl sites for hydroxylation is 1. The second-order valence-electron chi connectivity index (χ2n) is 1.86. The van der Waals surface area contributed by atoms with Gasteiger partial charge in [0.15, 0.2) is 0 Å². The van der Waals surface area contributed by atoms with E-state index in [2.05, 4.69) is 10.2 Å². The van der Waals surface area contributed by atoms with Crippen molar-refractivity contribution in [3.63, 3.8) is 0 Å². The van der Waals surface area contributed by atoms with Crippen LogP contribution in [0.15, 0.2) is 0 Å². The second-order valence-corrected chi connectivity index (χ2v) is 3.07. The molecule has 1 aromatic heterocycles. The van der Waals surface area contributed by atoms with Gasteiger partial charge >= 0.3 is 0 Å². The predicted octanol–water partition coefficient (Wildman–Crippen LogP) is -0.128. The van der Waals surface area contributed by atoms with Crippen molar-refractivity contribution >= 4 is 11.3 Å². The summed E-state index contributed by atoms with van der Waals surface area (Å²) in [7, 11) is 0. The van der Waals surface area contributed by atoms with Crippen molar-refractivity contribution < 1.29 is 10.2 Å². The first-order valence-electron chi connectivity index (χ1n) is 2.83. The summed E-state index contributed by atoms with van der Waals surface area (Å²) in [5, 5.41) is 26.1. The van der Waals surface area contributed by atoms with E-state index >= 15 is 0 Å². The molecule has 0 aliphatic heterocycles. The zero-order chi connectivity index (χ0) is 7.56. The van der Waals surface area contributed by atoms with Gasteiger partial charge in [-0.3, -0.25) is 0 Å². The van der Waals surface area contributed by atoms with Gasteiger partial charge in [-0.25, -0.2) is 0 Å². The third-order valence-electron chi connectivity index (χ3n) is 1.000. The topological polar surface area (TPSA) is 66.2 Å². The van der Waals surface area contributed by atoms with E-state index in [0.29, 0.717) is 5.01 Å². The van der Waals surface area contributed by atoms with Crippen LogP contribution in [-0.4, -0.2) is 27.0 Å². The Labute approximate surface area is 62.2 Å². The molecule has 56 valence electrons. The first-order chi connectivity index (χ1) is 4.74. The van der Waals surface area contributed by atoms with Crippen molar-refractivity contribution in [1.29, 1.82) is 0 Å². The normalized spacial score (nSPS) is 13.5. The van der Waals surface area contributed by atoms with E-state index in [1.165, 1.54) is 11.3 Å². The molecule has 0 saturated carbocycles. The van der Waals surface area contributed by atoms with Crippen molar-refractivity contribution in [2.75, 3.05) is 6.61 Å². The molecule has 0 aromatic carbocycles. The largest absolute Gasteiger partial charge is 0.393 e. The van der Waals surface area contributed by atoms with Gasteiger partial charge in [-0.05, 0) is 6.92 Å². The quantitative estimate of drug-likeness (QED) is 0.632. The molecular formula is C5H8N2O2S. The fourth-order valence-electron chi connectivity index (χ4n) is 0.525. The summed E-state index contributed by atoms with van der Waals surface area (Å²) in [6.45, 7) is 1.50. The van der Waals surface area contributed by atoms with E-state index in [9.17, 15) is 0 Å². The number of rotatable bonds is 2. The standard InChI is InChI=1S/C5H8N2O2S/c1-3-6-7-5(10-3)4(9)2-8/h4,8-9H,2H2,1H3/t4-/m1/s1.